The van der Waals surface area contributed by atoms with Crippen molar-refractivity contribution < 1.29 is 38.9 Å². The van der Waals surface area contributed by atoms with E-state index in [4.69, 9.17) is 15.2 Å². The minimum absolute atomic E-state index is 0.144. The Labute approximate surface area is 252 Å². The van der Waals surface area contributed by atoms with Crippen LogP contribution < -0.4 is 15.8 Å². The molecule has 15 nitrogen and oxygen atoms in total. The average Bonchev–Trinajstić information content (AvgIpc) is 3.65. The fraction of sp³-hybridized carbons (Fsp3) is 0.379. The van der Waals surface area contributed by atoms with Gasteiger partial charge >= 0.3 is 0 Å². The molecular formula is C29H33N7O8. The van der Waals surface area contributed by atoms with Crippen LogP contribution in [0.1, 0.15) is 32.8 Å². The topological polar surface area (TPSA) is 202 Å². The maximum absolute atomic E-state index is 13.8. The molecule has 0 saturated carbocycles. The van der Waals surface area contributed by atoms with Gasteiger partial charge in [-0.15, -0.1) is 5.10 Å². The minimum atomic E-state index is -1.67. The highest BCUT2D eigenvalue weighted by Gasteiger charge is 2.48. The van der Waals surface area contributed by atoms with E-state index in [1.165, 1.54) is 7.11 Å². The van der Waals surface area contributed by atoms with Crippen LogP contribution in [-0.2, 0) is 20.7 Å². The van der Waals surface area contributed by atoms with Gasteiger partial charge in [0.2, 0.25) is 11.7 Å². The summed E-state index contributed by atoms with van der Waals surface area (Å²) in [6.07, 6.45) is -4.92. The number of amides is 4. The van der Waals surface area contributed by atoms with Gasteiger partial charge in [-0.2, -0.15) is 0 Å². The number of nitrogens with two attached hydrogens (primary N) is 1. The fourth-order valence-electron chi connectivity index (χ4n) is 5.25. The second-order valence-electron chi connectivity index (χ2n) is 10.4. The number of piperazine rings is 1. The Morgan fingerprint density at radius 2 is 1.66 bits per heavy atom. The van der Waals surface area contributed by atoms with Crippen LogP contribution in [0.25, 0.3) is 0 Å². The largest absolute Gasteiger partial charge is 0.496 e. The standard InChI is InChI=1S/C29H33N7O8/c1-43-20-10-6-5-9-18(20)27(41)34-11-13-35(14-12-34)28(42)19(15-17-7-3-2-4-8-17)32-26(40)23-21(37)22(38)29(44-23)36-16-31-25(33-36)24(30)39/h2-10,16,19,21-23,29,37-38H,11-15H2,1H3,(H2,30,39)(H,32,40)/t19-,21+,22-,23+,29-/m1/s1. The Hall–Kier alpha value is -4.86. The molecule has 2 fully saturated rings. The molecule has 5 rings (SSSR count). The van der Waals surface area contributed by atoms with Gasteiger partial charge in [0, 0.05) is 32.6 Å². The van der Waals surface area contributed by atoms with Crippen molar-refractivity contribution in [3.8, 4) is 5.75 Å². The third-order valence-corrected chi connectivity index (χ3v) is 7.60. The van der Waals surface area contributed by atoms with E-state index >= 15 is 0 Å². The molecular weight excluding hydrogens is 574 g/mol. The highest BCUT2D eigenvalue weighted by molar-refractivity contribution is 5.97. The van der Waals surface area contributed by atoms with Gasteiger partial charge in [0.05, 0.1) is 12.7 Å². The van der Waals surface area contributed by atoms with Crippen molar-refractivity contribution >= 4 is 23.6 Å². The van der Waals surface area contributed by atoms with Crippen molar-refractivity contribution in [1.82, 2.24) is 29.9 Å². The zero-order valence-electron chi connectivity index (χ0n) is 23.9. The van der Waals surface area contributed by atoms with Crippen molar-refractivity contribution in [3.05, 3.63) is 77.9 Å². The van der Waals surface area contributed by atoms with Gasteiger partial charge < -0.3 is 40.5 Å². The molecule has 3 heterocycles. The molecule has 232 valence electrons. The number of hydrogen-bond donors (Lipinski definition) is 4. The lowest BCUT2D eigenvalue weighted by molar-refractivity contribution is -0.144. The number of hydrogen-bond acceptors (Lipinski definition) is 10. The predicted octanol–water partition coefficient (Wildman–Crippen LogP) is -1.28. The van der Waals surface area contributed by atoms with Gasteiger partial charge in [0.25, 0.3) is 17.7 Å². The molecule has 2 aliphatic rings. The van der Waals surface area contributed by atoms with Crippen molar-refractivity contribution in [3.63, 3.8) is 0 Å². The molecule has 1 aromatic heterocycles. The molecule has 4 amide bonds. The number of ether oxygens (including phenoxy) is 2. The first-order valence-corrected chi connectivity index (χ1v) is 14.0. The van der Waals surface area contributed by atoms with Crippen LogP contribution in [-0.4, -0.2) is 116 Å². The summed E-state index contributed by atoms with van der Waals surface area (Å²) in [5.74, 6) is -2.19. The molecule has 0 radical (unpaired) electrons. The number of nitrogens with zero attached hydrogens (tertiary/aromatic N) is 5. The number of aromatic nitrogens is 3. The first kappa shape index (κ1) is 30.6. The van der Waals surface area contributed by atoms with E-state index < -0.39 is 42.4 Å². The van der Waals surface area contributed by atoms with E-state index in [2.05, 4.69) is 15.4 Å². The van der Waals surface area contributed by atoms with Crippen molar-refractivity contribution in [2.75, 3.05) is 33.3 Å². The van der Waals surface area contributed by atoms with E-state index in [9.17, 15) is 29.4 Å². The fourth-order valence-corrected chi connectivity index (χ4v) is 5.25. The molecule has 0 bridgehead atoms. The summed E-state index contributed by atoms with van der Waals surface area (Å²) in [7, 11) is 1.49. The second-order valence-corrected chi connectivity index (χ2v) is 10.4. The molecule has 2 aromatic carbocycles. The summed E-state index contributed by atoms with van der Waals surface area (Å²) >= 11 is 0. The van der Waals surface area contributed by atoms with Crippen molar-refractivity contribution in [2.45, 2.75) is 37.0 Å². The van der Waals surface area contributed by atoms with E-state index in [0.717, 1.165) is 16.6 Å². The lowest BCUT2D eigenvalue weighted by Gasteiger charge is -2.37. The summed E-state index contributed by atoms with van der Waals surface area (Å²) in [4.78, 5) is 58.6. The lowest BCUT2D eigenvalue weighted by atomic mass is 10.0. The average molecular weight is 608 g/mol. The molecule has 0 spiro atoms. The number of aliphatic hydroxyl groups excluding tert-OH is 2. The zero-order chi connectivity index (χ0) is 31.4. The quantitative estimate of drug-likeness (QED) is 0.227. The first-order chi connectivity index (χ1) is 21.2. The Morgan fingerprint density at radius 1 is 1.00 bits per heavy atom. The number of aliphatic hydroxyl groups is 2. The van der Waals surface area contributed by atoms with E-state index in [-0.39, 0.29) is 50.2 Å². The molecule has 5 atom stereocenters. The molecule has 0 aliphatic carbocycles. The number of primary amides is 1. The van der Waals surface area contributed by atoms with Crippen molar-refractivity contribution in [2.24, 2.45) is 5.73 Å². The Bertz CT molecular complexity index is 1510. The monoisotopic (exact) mass is 607 g/mol. The van der Waals surface area contributed by atoms with Crippen molar-refractivity contribution in [1.29, 1.82) is 0 Å². The molecule has 15 heteroatoms. The predicted molar refractivity (Wildman–Crippen MR) is 152 cm³/mol. The third kappa shape index (κ3) is 6.39. The number of rotatable bonds is 9. The van der Waals surface area contributed by atoms with Gasteiger partial charge in [-0.25, -0.2) is 9.67 Å². The van der Waals surface area contributed by atoms with Gasteiger partial charge in [0.15, 0.2) is 12.3 Å². The molecule has 3 aromatic rings. The number of para-hydroxylation sites is 1. The molecule has 2 saturated heterocycles. The summed E-state index contributed by atoms with van der Waals surface area (Å²) in [6.45, 7) is 1.02. The van der Waals surface area contributed by atoms with E-state index in [1.54, 1.807) is 34.1 Å². The normalized spacial score (nSPS) is 22.3. The van der Waals surface area contributed by atoms with Gasteiger partial charge in [-0.3, -0.25) is 19.2 Å². The first-order valence-electron chi connectivity index (χ1n) is 14.0. The summed E-state index contributed by atoms with van der Waals surface area (Å²) in [5.41, 5.74) is 6.39. The van der Waals surface area contributed by atoms with Crippen LogP contribution in [0.3, 0.4) is 0 Å². The molecule has 44 heavy (non-hydrogen) atoms. The second kappa shape index (κ2) is 13.2. The molecule has 5 N–H and O–H groups in total. The van der Waals surface area contributed by atoms with E-state index in [1.807, 2.05) is 30.3 Å². The Kier molecular flexibility index (Phi) is 9.18. The van der Waals surface area contributed by atoms with Crippen LogP contribution in [0.2, 0.25) is 0 Å². The number of carbonyl (C=O) groups is 4. The van der Waals surface area contributed by atoms with Crippen LogP contribution in [0.4, 0.5) is 0 Å². The molecule has 2 aliphatic heterocycles. The number of benzene rings is 2. The van der Waals surface area contributed by atoms with Gasteiger partial charge in [0.1, 0.15) is 30.3 Å². The van der Waals surface area contributed by atoms with E-state index in [0.29, 0.717) is 11.3 Å². The molecule has 0 unspecified atom stereocenters. The van der Waals surface area contributed by atoms with Crippen LogP contribution in [0, 0.1) is 0 Å². The maximum atomic E-state index is 13.8. The number of carbonyl (C=O) groups excluding carboxylic acids is 4. The SMILES string of the molecule is COc1ccccc1C(=O)N1CCN(C(=O)[C@@H](Cc2ccccc2)NC(=O)[C@H]2O[C@@H](n3cnc(C(N)=O)n3)[C@H](O)[C@@H]2O)CC1. The highest BCUT2D eigenvalue weighted by Crippen LogP contribution is 2.29. The number of methoxy groups -OCH3 is 1. The third-order valence-electron chi connectivity index (χ3n) is 7.60. The summed E-state index contributed by atoms with van der Waals surface area (Å²) in [5, 5.41) is 27.7. The van der Waals surface area contributed by atoms with Gasteiger partial charge in [-0.1, -0.05) is 42.5 Å². The summed E-state index contributed by atoms with van der Waals surface area (Å²) < 4.78 is 11.9. The Balaban J connectivity index is 1.27. The summed E-state index contributed by atoms with van der Waals surface area (Å²) in [6, 6.07) is 15.0. The lowest BCUT2D eigenvalue weighted by Crippen LogP contribution is -2.58. The van der Waals surface area contributed by atoms with Crippen LogP contribution >= 0.6 is 0 Å². The zero-order valence-corrected chi connectivity index (χ0v) is 23.9. The number of nitrogens with one attached hydrogen (secondary N) is 1. The smallest absolute Gasteiger partial charge is 0.288 e. The highest BCUT2D eigenvalue weighted by atomic mass is 16.6. The van der Waals surface area contributed by atoms with Gasteiger partial charge in [-0.05, 0) is 17.7 Å². The van der Waals surface area contributed by atoms with Crippen LogP contribution in [0.15, 0.2) is 60.9 Å². The maximum Gasteiger partial charge on any atom is 0.288 e. The van der Waals surface area contributed by atoms with Crippen LogP contribution in [0.5, 0.6) is 5.75 Å². The minimum Gasteiger partial charge on any atom is -0.496 e. The Morgan fingerprint density at radius 3 is 2.32 bits per heavy atom.